The van der Waals surface area contributed by atoms with Crippen molar-refractivity contribution in [2.75, 3.05) is 20.1 Å². The van der Waals surface area contributed by atoms with Gasteiger partial charge in [0, 0.05) is 13.1 Å². The summed E-state index contributed by atoms with van der Waals surface area (Å²) in [5, 5.41) is 11.8. The summed E-state index contributed by atoms with van der Waals surface area (Å²) >= 11 is 0. The van der Waals surface area contributed by atoms with Gasteiger partial charge in [-0.3, -0.25) is 4.79 Å². The number of likely N-dealkylation sites (tertiary alicyclic amines) is 1. The SMILES string of the molecule is CN1CCC(C#N)(NC(=O)c2c(F)cccc2F)CC1. The number of nitrogens with one attached hydrogen (secondary N) is 1. The van der Waals surface area contributed by atoms with E-state index in [1.165, 1.54) is 6.07 Å². The molecule has 0 unspecified atom stereocenters. The van der Waals surface area contributed by atoms with Crippen LogP contribution < -0.4 is 5.32 Å². The van der Waals surface area contributed by atoms with Crippen molar-refractivity contribution in [2.45, 2.75) is 18.4 Å². The molecule has 1 aromatic carbocycles. The molecule has 0 radical (unpaired) electrons. The molecule has 4 nitrogen and oxygen atoms in total. The van der Waals surface area contributed by atoms with E-state index < -0.39 is 28.6 Å². The number of carbonyl (C=O) groups excluding carboxylic acids is 1. The highest BCUT2D eigenvalue weighted by Crippen LogP contribution is 2.22. The average molecular weight is 279 g/mol. The molecule has 1 saturated heterocycles. The van der Waals surface area contributed by atoms with E-state index in [0.29, 0.717) is 25.9 Å². The predicted molar refractivity (Wildman–Crippen MR) is 68.9 cm³/mol. The van der Waals surface area contributed by atoms with Crippen LogP contribution in [0.3, 0.4) is 0 Å². The Labute approximate surface area is 116 Å². The zero-order valence-electron chi connectivity index (χ0n) is 11.1. The Kier molecular flexibility index (Phi) is 4.00. The first kappa shape index (κ1) is 14.4. The molecule has 1 aliphatic heterocycles. The van der Waals surface area contributed by atoms with Crippen molar-refractivity contribution >= 4 is 5.91 Å². The number of halogens is 2. The van der Waals surface area contributed by atoms with Gasteiger partial charge in [-0.15, -0.1) is 0 Å². The van der Waals surface area contributed by atoms with Gasteiger partial charge in [-0.05, 0) is 32.0 Å². The second kappa shape index (κ2) is 5.55. The maximum atomic E-state index is 13.6. The molecule has 1 aromatic rings. The molecule has 0 atom stereocenters. The number of hydrogen-bond donors (Lipinski definition) is 1. The minimum absolute atomic E-state index is 0.432. The second-order valence-electron chi connectivity index (χ2n) is 5.05. The summed E-state index contributed by atoms with van der Waals surface area (Å²) in [5.74, 6) is -2.74. The number of amides is 1. The summed E-state index contributed by atoms with van der Waals surface area (Å²) in [6.45, 7) is 1.29. The third kappa shape index (κ3) is 2.78. The maximum Gasteiger partial charge on any atom is 0.258 e. The number of benzene rings is 1. The first-order valence-corrected chi connectivity index (χ1v) is 6.34. The number of carbonyl (C=O) groups is 1. The van der Waals surface area contributed by atoms with Crippen LogP contribution in [-0.4, -0.2) is 36.5 Å². The van der Waals surface area contributed by atoms with Crippen LogP contribution in [0.1, 0.15) is 23.2 Å². The van der Waals surface area contributed by atoms with E-state index in [1.807, 2.05) is 11.9 Å². The summed E-state index contributed by atoms with van der Waals surface area (Å²) < 4.78 is 27.1. The van der Waals surface area contributed by atoms with Crippen molar-refractivity contribution in [3.63, 3.8) is 0 Å². The van der Waals surface area contributed by atoms with Crippen molar-refractivity contribution in [2.24, 2.45) is 0 Å². The van der Waals surface area contributed by atoms with Crippen molar-refractivity contribution in [1.29, 1.82) is 5.26 Å². The van der Waals surface area contributed by atoms with Crippen LogP contribution in [0, 0.1) is 23.0 Å². The standard InChI is InChI=1S/C14H15F2N3O/c1-19-7-5-14(9-17,6-8-19)18-13(20)12-10(15)3-2-4-11(12)16/h2-4H,5-8H2,1H3,(H,18,20). The number of rotatable bonds is 2. The lowest BCUT2D eigenvalue weighted by Crippen LogP contribution is -2.54. The summed E-state index contributed by atoms with van der Waals surface area (Å²) in [4.78, 5) is 14.1. The Hall–Kier alpha value is -2.00. The van der Waals surface area contributed by atoms with Gasteiger partial charge in [-0.25, -0.2) is 8.78 Å². The highest BCUT2D eigenvalue weighted by molar-refractivity contribution is 5.95. The Morgan fingerprint density at radius 3 is 2.40 bits per heavy atom. The molecular formula is C14H15F2N3O. The van der Waals surface area contributed by atoms with E-state index in [0.717, 1.165) is 12.1 Å². The molecule has 1 aliphatic rings. The first-order chi connectivity index (χ1) is 9.47. The molecule has 0 spiro atoms. The number of nitrogens with zero attached hydrogens (tertiary/aromatic N) is 2. The van der Waals surface area contributed by atoms with Gasteiger partial charge in [-0.1, -0.05) is 6.07 Å². The van der Waals surface area contributed by atoms with Gasteiger partial charge in [0.2, 0.25) is 0 Å². The summed E-state index contributed by atoms with van der Waals surface area (Å²) in [6.07, 6.45) is 0.865. The van der Waals surface area contributed by atoms with Gasteiger partial charge in [0.25, 0.3) is 5.91 Å². The van der Waals surface area contributed by atoms with Crippen molar-refractivity contribution in [1.82, 2.24) is 10.2 Å². The minimum atomic E-state index is -1.06. The van der Waals surface area contributed by atoms with E-state index in [-0.39, 0.29) is 0 Å². The molecule has 0 aliphatic carbocycles. The minimum Gasteiger partial charge on any atom is -0.333 e. The Morgan fingerprint density at radius 2 is 1.90 bits per heavy atom. The number of piperidine rings is 1. The van der Waals surface area contributed by atoms with Crippen molar-refractivity contribution in [3.8, 4) is 6.07 Å². The monoisotopic (exact) mass is 279 g/mol. The molecule has 0 aromatic heterocycles. The Balaban J connectivity index is 2.21. The van der Waals surface area contributed by atoms with Crippen molar-refractivity contribution in [3.05, 3.63) is 35.4 Å². The highest BCUT2D eigenvalue weighted by Gasteiger charge is 2.36. The normalized spacial score (nSPS) is 18.3. The Morgan fingerprint density at radius 1 is 1.35 bits per heavy atom. The first-order valence-electron chi connectivity index (χ1n) is 6.34. The lowest BCUT2D eigenvalue weighted by Gasteiger charge is -2.36. The van der Waals surface area contributed by atoms with Crippen LogP contribution in [0.25, 0.3) is 0 Å². The summed E-state index contributed by atoms with van der Waals surface area (Å²) in [7, 11) is 1.92. The number of hydrogen-bond acceptors (Lipinski definition) is 3. The fourth-order valence-electron chi connectivity index (χ4n) is 2.26. The molecular weight excluding hydrogens is 264 g/mol. The van der Waals surface area contributed by atoms with Crippen LogP contribution in [-0.2, 0) is 0 Å². The van der Waals surface area contributed by atoms with Crippen LogP contribution in [0.4, 0.5) is 8.78 Å². The van der Waals surface area contributed by atoms with E-state index >= 15 is 0 Å². The van der Waals surface area contributed by atoms with Gasteiger partial charge in [0.1, 0.15) is 22.7 Å². The van der Waals surface area contributed by atoms with E-state index in [4.69, 9.17) is 0 Å². The lowest BCUT2D eigenvalue weighted by molar-refractivity contribution is 0.0873. The van der Waals surface area contributed by atoms with Gasteiger partial charge >= 0.3 is 0 Å². The lowest BCUT2D eigenvalue weighted by atomic mass is 9.89. The fraction of sp³-hybridized carbons (Fsp3) is 0.429. The summed E-state index contributed by atoms with van der Waals surface area (Å²) in [6, 6.07) is 5.30. The smallest absolute Gasteiger partial charge is 0.258 e. The topological polar surface area (TPSA) is 56.1 Å². The molecule has 2 rings (SSSR count). The highest BCUT2D eigenvalue weighted by atomic mass is 19.1. The average Bonchev–Trinajstić information content (AvgIpc) is 2.41. The number of nitriles is 1. The van der Waals surface area contributed by atoms with Crippen LogP contribution >= 0.6 is 0 Å². The van der Waals surface area contributed by atoms with Crippen LogP contribution in [0.15, 0.2) is 18.2 Å². The van der Waals surface area contributed by atoms with E-state index in [1.54, 1.807) is 0 Å². The predicted octanol–water partition coefficient (Wildman–Crippen LogP) is 1.68. The van der Waals surface area contributed by atoms with Crippen LogP contribution in [0.5, 0.6) is 0 Å². The van der Waals surface area contributed by atoms with E-state index in [2.05, 4.69) is 11.4 Å². The van der Waals surface area contributed by atoms with Gasteiger partial charge in [0.15, 0.2) is 0 Å². The Bertz CT molecular complexity index is 540. The molecule has 106 valence electrons. The zero-order chi connectivity index (χ0) is 14.8. The molecule has 0 saturated carbocycles. The van der Waals surface area contributed by atoms with Gasteiger partial charge in [0.05, 0.1) is 6.07 Å². The molecule has 1 N–H and O–H groups in total. The third-order valence-electron chi connectivity index (χ3n) is 3.60. The van der Waals surface area contributed by atoms with E-state index in [9.17, 15) is 18.8 Å². The quantitative estimate of drug-likeness (QED) is 0.896. The molecule has 0 bridgehead atoms. The molecule has 6 heteroatoms. The molecule has 1 heterocycles. The molecule has 1 amide bonds. The largest absolute Gasteiger partial charge is 0.333 e. The maximum absolute atomic E-state index is 13.6. The van der Waals surface area contributed by atoms with Crippen LogP contribution in [0.2, 0.25) is 0 Å². The third-order valence-corrected chi connectivity index (χ3v) is 3.60. The second-order valence-corrected chi connectivity index (χ2v) is 5.05. The molecule has 20 heavy (non-hydrogen) atoms. The zero-order valence-corrected chi connectivity index (χ0v) is 11.1. The van der Waals surface area contributed by atoms with Gasteiger partial charge in [-0.2, -0.15) is 5.26 Å². The summed E-state index contributed by atoms with van der Waals surface area (Å²) in [5.41, 5.74) is -1.70. The molecule has 1 fully saturated rings. The van der Waals surface area contributed by atoms with Gasteiger partial charge < -0.3 is 10.2 Å². The van der Waals surface area contributed by atoms with Crippen molar-refractivity contribution < 1.29 is 13.6 Å². The fourth-order valence-corrected chi connectivity index (χ4v) is 2.26.